The predicted molar refractivity (Wildman–Crippen MR) is 73.6 cm³/mol. The summed E-state index contributed by atoms with van der Waals surface area (Å²) in [6, 6.07) is 3.57. The van der Waals surface area contributed by atoms with Crippen LogP contribution in [0.25, 0.3) is 0 Å². The van der Waals surface area contributed by atoms with Crippen LogP contribution in [0.5, 0.6) is 0 Å². The first-order valence-corrected chi connectivity index (χ1v) is 6.40. The Morgan fingerprint density at radius 3 is 2.89 bits per heavy atom. The van der Waals surface area contributed by atoms with E-state index in [1.807, 2.05) is 6.08 Å². The average molecular weight is 261 g/mol. The average Bonchev–Trinajstić information content (AvgIpc) is 2.97. The van der Waals surface area contributed by atoms with E-state index in [0.717, 1.165) is 12.8 Å². The molecule has 2 rings (SSSR count). The van der Waals surface area contributed by atoms with Crippen molar-refractivity contribution >= 4 is 5.90 Å². The number of ether oxygens (including phenoxy) is 1. The van der Waals surface area contributed by atoms with Crippen LogP contribution in [0.1, 0.15) is 39.4 Å². The number of nitrogens with zero attached hydrogens (tertiary/aromatic N) is 1. The number of hydrogen-bond donors (Lipinski definition) is 0. The molecule has 0 saturated carbocycles. The van der Waals surface area contributed by atoms with Crippen molar-refractivity contribution in [1.82, 2.24) is 0 Å². The second-order valence-corrected chi connectivity index (χ2v) is 4.80. The van der Waals surface area contributed by atoms with Crippen LogP contribution in [0.15, 0.2) is 51.3 Å². The van der Waals surface area contributed by atoms with Gasteiger partial charge < -0.3 is 14.0 Å². The van der Waals surface area contributed by atoms with E-state index in [9.17, 15) is 0 Å². The summed E-state index contributed by atoms with van der Waals surface area (Å²) in [5.41, 5.74) is 2.56. The molecule has 1 unspecified atom stereocenters. The van der Waals surface area contributed by atoms with Gasteiger partial charge in [0.2, 0.25) is 0 Å². The van der Waals surface area contributed by atoms with Crippen LogP contribution in [0.3, 0.4) is 0 Å². The van der Waals surface area contributed by atoms with Crippen LogP contribution in [-0.2, 0) is 9.57 Å². The second kappa shape index (κ2) is 6.27. The van der Waals surface area contributed by atoms with E-state index in [1.165, 1.54) is 11.1 Å². The molecule has 0 saturated heterocycles. The molecule has 4 nitrogen and oxygen atoms in total. The van der Waals surface area contributed by atoms with Crippen LogP contribution in [0.2, 0.25) is 0 Å². The Morgan fingerprint density at radius 1 is 1.37 bits per heavy atom. The summed E-state index contributed by atoms with van der Waals surface area (Å²) in [7, 11) is 0. The largest absolute Gasteiger partial charge is 0.459 e. The molecule has 0 aliphatic carbocycles. The van der Waals surface area contributed by atoms with Gasteiger partial charge in [-0.15, -0.1) is 0 Å². The first-order chi connectivity index (χ1) is 9.15. The Labute approximate surface area is 113 Å². The van der Waals surface area contributed by atoms with E-state index in [-0.39, 0.29) is 0 Å². The van der Waals surface area contributed by atoms with Gasteiger partial charge in [-0.3, -0.25) is 0 Å². The van der Waals surface area contributed by atoms with E-state index in [1.54, 1.807) is 18.4 Å². The summed E-state index contributed by atoms with van der Waals surface area (Å²) in [5, 5.41) is 3.87. The molecule has 1 aliphatic heterocycles. The Balaban J connectivity index is 1.84. The summed E-state index contributed by atoms with van der Waals surface area (Å²) in [6.45, 7) is 6.27. The maximum Gasteiger partial charge on any atom is 0.297 e. The molecule has 0 aromatic carbocycles. The molecule has 1 aliphatic rings. The zero-order valence-corrected chi connectivity index (χ0v) is 11.6. The lowest BCUT2D eigenvalue weighted by molar-refractivity contribution is -0.00987. The van der Waals surface area contributed by atoms with Gasteiger partial charge in [0.15, 0.2) is 5.76 Å². The van der Waals surface area contributed by atoms with Crippen molar-refractivity contribution in [2.45, 2.75) is 39.9 Å². The zero-order valence-electron chi connectivity index (χ0n) is 11.6. The number of hydrogen-bond acceptors (Lipinski definition) is 4. The van der Waals surface area contributed by atoms with Crippen LogP contribution in [-0.4, -0.2) is 12.2 Å². The number of furan rings is 1. The van der Waals surface area contributed by atoms with Gasteiger partial charge in [0.1, 0.15) is 0 Å². The van der Waals surface area contributed by atoms with Crippen LogP contribution in [0, 0.1) is 0 Å². The maximum atomic E-state index is 5.55. The normalized spacial score (nSPS) is 18.6. The van der Waals surface area contributed by atoms with Crippen LogP contribution < -0.4 is 0 Å². The molecule has 0 radical (unpaired) electrons. The van der Waals surface area contributed by atoms with Crippen molar-refractivity contribution in [2.24, 2.45) is 5.16 Å². The predicted octanol–water partition coefficient (Wildman–Crippen LogP) is 4.01. The molecule has 1 atom stereocenters. The van der Waals surface area contributed by atoms with E-state index in [4.69, 9.17) is 14.0 Å². The fourth-order valence-corrected chi connectivity index (χ4v) is 1.72. The first-order valence-electron chi connectivity index (χ1n) is 6.40. The fraction of sp³-hybridized carbons (Fsp3) is 0.400. The smallest absolute Gasteiger partial charge is 0.297 e. The van der Waals surface area contributed by atoms with Gasteiger partial charge in [0.05, 0.1) is 6.26 Å². The maximum absolute atomic E-state index is 5.55. The third kappa shape index (κ3) is 4.02. The molecule has 0 spiro atoms. The highest BCUT2D eigenvalue weighted by Gasteiger charge is 2.22. The lowest BCUT2D eigenvalue weighted by Crippen LogP contribution is -2.09. The molecule has 0 N–H and O–H groups in total. The number of rotatable bonds is 5. The third-order valence-electron chi connectivity index (χ3n) is 2.71. The van der Waals surface area contributed by atoms with Crippen LogP contribution in [0.4, 0.5) is 0 Å². The molecule has 0 fully saturated rings. The summed E-state index contributed by atoms with van der Waals surface area (Å²) in [5.74, 6) is 0.974. The van der Waals surface area contributed by atoms with Crippen molar-refractivity contribution in [3.05, 3.63) is 47.5 Å². The third-order valence-corrected chi connectivity index (χ3v) is 2.71. The summed E-state index contributed by atoms with van der Waals surface area (Å²) in [6.07, 6.45) is 7.31. The van der Waals surface area contributed by atoms with Crippen molar-refractivity contribution in [1.29, 1.82) is 0 Å². The number of allylic oxidation sites excluding steroid dienone is 3. The highest BCUT2D eigenvalue weighted by molar-refractivity contribution is 5.91. The van der Waals surface area contributed by atoms with E-state index in [0.29, 0.717) is 11.7 Å². The minimum Gasteiger partial charge on any atom is -0.459 e. The Hall–Kier alpha value is -1.97. The fourth-order valence-electron chi connectivity index (χ4n) is 1.72. The lowest BCUT2D eigenvalue weighted by Gasteiger charge is -2.05. The van der Waals surface area contributed by atoms with Crippen LogP contribution >= 0.6 is 0 Å². The van der Waals surface area contributed by atoms with E-state index < -0.39 is 6.29 Å². The Kier molecular flexibility index (Phi) is 4.44. The zero-order chi connectivity index (χ0) is 13.7. The highest BCUT2D eigenvalue weighted by atomic mass is 16.8. The number of oxime groups is 1. The van der Waals surface area contributed by atoms with Gasteiger partial charge in [-0.05, 0) is 57.0 Å². The SMILES string of the molecule is CC(C)=CCC/C(C)=C/C1ON=C(c2ccco2)O1. The molecule has 19 heavy (non-hydrogen) atoms. The Bertz CT molecular complexity index is 493. The first kappa shape index (κ1) is 13.5. The van der Waals surface area contributed by atoms with Gasteiger partial charge in [-0.2, -0.15) is 0 Å². The minimum absolute atomic E-state index is 0.392. The summed E-state index contributed by atoms with van der Waals surface area (Å²) >= 11 is 0. The molecular formula is C15H19NO3. The standard InChI is InChI=1S/C15H19NO3/c1-11(2)6-4-7-12(3)10-14-18-15(16-19-14)13-8-5-9-17-13/h5-6,8-10,14H,4,7H2,1-3H3/b12-10+. The van der Waals surface area contributed by atoms with E-state index in [2.05, 4.69) is 32.0 Å². The molecular weight excluding hydrogens is 242 g/mol. The quantitative estimate of drug-likeness (QED) is 0.752. The molecule has 102 valence electrons. The summed E-state index contributed by atoms with van der Waals surface area (Å²) < 4.78 is 10.7. The lowest BCUT2D eigenvalue weighted by atomic mass is 10.1. The van der Waals surface area contributed by atoms with E-state index >= 15 is 0 Å². The van der Waals surface area contributed by atoms with Gasteiger partial charge in [-0.1, -0.05) is 17.2 Å². The van der Waals surface area contributed by atoms with Crippen molar-refractivity contribution < 1.29 is 14.0 Å². The van der Waals surface area contributed by atoms with Gasteiger partial charge in [-0.25, -0.2) is 0 Å². The van der Waals surface area contributed by atoms with Gasteiger partial charge in [0.25, 0.3) is 12.2 Å². The second-order valence-electron chi connectivity index (χ2n) is 4.80. The van der Waals surface area contributed by atoms with Gasteiger partial charge >= 0.3 is 0 Å². The molecule has 1 aromatic heterocycles. The molecule has 0 bridgehead atoms. The highest BCUT2D eigenvalue weighted by Crippen LogP contribution is 2.17. The molecule has 1 aromatic rings. The summed E-state index contributed by atoms with van der Waals surface area (Å²) in [4.78, 5) is 5.20. The van der Waals surface area contributed by atoms with Crippen molar-refractivity contribution in [3.8, 4) is 0 Å². The monoisotopic (exact) mass is 261 g/mol. The van der Waals surface area contributed by atoms with Gasteiger partial charge in [0, 0.05) is 0 Å². The molecule has 4 heteroatoms. The molecule has 0 amide bonds. The topological polar surface area (TPSA) is 44.0 Å². The Morgan fingerprint density at radius 2 is 2.21 bits per heavy atom. The molecule has 2 heterocycles. The minimum atomic E-state index is -0.452. The van der Waals surface area contributed by atoms with Crippen molar-refractivity contribution in [2.75, 3.05) is 0 Å². The van der Waals surface area contributed by atoms with Crippen molar-refractivity contribution in [3.63, 3.8) is 0 Å².